The fourth-order valence-electron chi connectivity index (χ4n) is 2.97. The third-order valence-corrected chi connectivity index (χ3v) is 14.7. The predicted octanol–water partition coefficient (Wildman–Crippen LogP) is 6.49. The van der Waals surface area contributed by atoms with Crippen molar-refractivity contribution in [1.82, 2.24) is 0 Å². The first-order valence-corrected chi connectivity index (χ1v) is 14.1. The molecular formula is C18H38O2Si2. The van der Waals surface area contributed by atoms with E-state index in [1.807, 2.05) is 0 Å². The van der Waals surface area contributed by atoms with Crippen LogP contribution in [0.1, 0.15) is 48.5 Å². The standard InChI is InChI=1S/C18H38O2Si2/c1-10-21(11-2,12-3)19-17(8)16(7)18(9)20-22(13-4,14-5)15-6/h18H,7-8,10-15H2,1-6,9H3. The molecule has 130 valence electrons. The quantitative estimate of drug-likeness (QED) is 0.229. The van der Waals surface area contributed by atoms with Crippen LogP contribution in [-0.2, 0) is 8.85 Å². The van der Waals surface area contributed by atoms with Crippen molar-refractivity contribution in [1.29, 1.82) is 0 Å². The van der Waals surface area contributed by atoms with E-state index in [2.05, 4.69) is 61.6 Å². The van der Waals surface area contributed by atoms with Crippen molar-refractivity contribution >= 4 is 16.6 Å². The summed E-state index contributed by atoms with van der Waals surface area (Å²) in [5.41, 5.74) is 0.930. The summed E-state index contributed by atoms with van der Waals surface area (Å²) in [5.74, 6) is 0.760. The smallest absolute Gasteiger partial charge is 0.250 e. The first-order valence-electron chi connectivity index (χ1n) is 9.04. The van der Waals surface area contributed by atoms with Gasteiger partial charge in [-0.1, -0.05) is 54.7 Å². The van der Waals surface area contributed by atoms with Crippen LogP contribution in [-0.4, -0.2) is 22.7 Å². The second-order valence-electron chi connectivity index (χ2n) is 6.30. The molecule has 0 radical (unpaired) electrons. The van der Waals surface area contributed by atoms with Crippen molar-refractivity contribution in [3.8, 4) is 0 Å². The van der Waals surface area contributed by atoms with E-state index in [1.165, 1.54) is 0 Å². The van der Waals surface area contributed by atoms with Gasteiger partial charge in [-0.05, 0) is 43.2 Å². The van der Waals surface area contributed by atoms with Gasteiger partial charge in [-0.2, -0.15) is 0 Å². The van der Waals surface area contributed by atoms with E-state index in [0.29, 0.717) is 0 Å². The predicted molar refractivity (Wildman–Crippen MR) is 104 cm³/mol. The summed E-state index contributed by atoms with van der Waals surface area (Å²) in [4.78, 5) is 0. The molecule has 0 aromatic rings. The van der Waals surface area contributed by atoms with Crippen LogP contribution in [0.4, 0.5) is 0 Å². The Morgan fingerprint density at radius 3 is 1.45 bits per heavy atom. The Bertz CT molecular complexity index is 342. The van der Waals surface area contributed by atoms with Gasteiger partial charge >= 0.3 is 0 Å². The Labute approximate surface area is 141 Å². The highest BCUT2D eigenvalue weighted by atomic mass is 28.4. The average Bonchev–Trinajstić information content (AvgIpc) is 2.56. The summed E-state index contributed by atoms with van der Waals surface area (Å²) in [6.07, 6.45) is 0.0104. The fourth-order valence-corrected chi connectivity index (χ4v) is 8.45. The minimum Gasteiger partial charge on any atom is -0.544 e. The highest BCUT2D eigenvalue weighted by Crippen LogP contribution is 2.30. The fraction of sp³-hybridized carbons (Fsp3) is 0.778. The molecule has 0 aromatic carbocycles. The molecule has 0 aliphatic carbocycles. The van der Waals surface area contributed by atoms with E-state index in [1.54, 1.807) is 0 Å². The SMILES string of the molecule is C=C(O[Si](CC)(CC)CC)C(=C)C(C)O[Si](CC)(CC)CC. The van der Waals surface area contributed by atoms with Gasteiger partial charge in [0.25, 0.3) is 0 Å². The van der Waals surface area contributed by atoms with Gasteiger partial charge in [0.15, 0.2) is 8.32 Å². The molecule has 0 aliphatic heterocycles. The van der Waals surface area contributed by atoms with Crippen molar-refractivity contribution in [2.24, 2.45) is 0 Å². The van der Waals surface area contributed by atoms with Crippen molar-refractivity contribution in [2.45, 2.75) is 90.8 Å². The van der Waals surface area contributed by atoms with Crippen molar-refractivity contribution in [3.63, 3.8) is 0 Å². The van der Waals surface area contributed by atoms with Crippen molar-refractivity contribution < 1.29 is 8.85 Å². The maximum absolute atomic E-state index is 6.50. The minimum absolute atomic E-state index is 0.0104. The molecule has 0 N–H and O–H groups in total. The zero-order chi connectivity index (χ0) is 17.4. The van der Waals surface area contributed by atoms with Gasteiger partial charge < -0.3 is 8.85 Å². The molecule has 0 bridgehead atoms. The Morgan fingerprint density at radius 1 is 0.773 bits per heavy atom. The molecule has 22 heavy (non-hydrogen) atoms. The second kappa shape index (κ2) is 9.73. The van der Waals surface area contributed by atoms with Gasteiger partial charge in [-0.15, -0.1) is 0 Å². The summed E-state index contributed by atoms with van der Waals surface area (Å²) in [6.45, 7) is 24.0. The van der Waals surface area contributed by atoms with Crippen molar-refractivity contribution in [2.75, 3.05) is 0 Å². The summed E-state index contributed by atoms with van der Waals surface area (Å²) in [6, 6.07) is 6.84. The zero-order valence-electron chi connectivity index (χ0n) is 16.1. The van der Waals surface area contributed by atoms with Gasteiger partial charge in [0.05, 0.1) is 6.10 Å². The van der Waals surface area contributed by atoms with Crippen LogP contribution in [0.5, 0.6) is 0 Å². The molecule has 0 saturated heterocycles. The maximum atomic E-state index is 6.50. The molecule has 1 atom stereocenters. The van der Waals surface area contributed by atoms with Crippen LogP contribution < -0.4 is 0 Å². The topological polar surface area (TPSA) is 18.5 Å². The lowest BCUT2D eigenvalue weighted by Gasteiger charge is -2.35. The lowest BCUT2D eigenvalue weighted by molar-refractivity contribution is 0.233. The van der Waals surface area contributed by atoms with Gasteiger partial charge in [0.2, 0.25) is 8.32 Å². The molecule has 4 heteroatoms. The second-order valence-corrected chi connectivity index (χ2v) is 15.7. The molecule has 0 spiro atoms. The highest BCUT2D eigenvalue weighted by molar-refractivity contribution is 6.74. The third-order valence-electron chi connectivity index (χ3n) is 5.48. The van der Waals surface area contributed by atoms with E-state index >= 15 is 0 Å². The third kappa shape index (κ3) is 5.39. The molecule has 0 heterocycles. The molecule has 0 aliphatic rings. The Balaban J connectivity index is 4.92. The summed E-state index contributed by atoms with van der Waals surface area (Å²) in [5, 5.41) is 0. The molecule has 0 fully saturated rings. The van der Waals surface area contributed by atoms with E-state index in [9.17, 15) is 0 Å². The van der Waals surface area contributed by atoms with Crippen LogP contribution >= 0.6 is 0 Å². The van der Waals surface area contributed by atoms with E-state index in [0.717, 1.165) is 47.6 Å². The van der Waals surface area contributed by atoms with Crippen LogP contribution in [0.3, 0.4) is 0 Å². The largest absolute Gasteiger partial charge is 0.544 e. The average molecular weight is 343 g/mol. The van der Waals surface area contributed by atoms with Crippen LogP contribution in [0.2, 0.25) is 36.3 Å². The lowest BCUT2D eigenvalue weighted by atomic mass is 10.2. The molecule has 0 saturated carbocycles. The molecular weight excluding hydrogens is 304 g/mol. The number of hydrogen-bond donors (Lipinski definition) is 0. The van der Waals surface area contributed by atoms with E-state index in [-0.39, 0.29) is 6.10 Å². The van der Waals surface area contributed by atoms with Crippen LogP contribution in [0, 0.1) is 0 Å². The van der Waals surface area contributed by atoms with E-state index < -0.39 is 16.6 Å². The van der Waals surface area contributed by atoms with Crippen LogP contribution in [0.25, 0.3) is 0 Å². The highest BCUT2D eigenvalue weighted by Gasteiger charge is 2.34. The molecule has 1 unspecified atom stereocenters. The maximum Gasteiger partial charge on any atom is 0.250 e. The monoisotopic (exact) mass is 342 g/mol. The van der Waals surface area contributed by atoms with Gasteiger partial charge in [0, 0.05) is 5.57 Å². The van der Waals surface area contributed by atoms with Crippen molar-refractivity contribution in [3.05, 3.63) is 24.5 Å². The first-order chi connectivity index (χ1) is 10.3. The first kappa shape index (κ1) is 21.7. The minimum atomic E-state index is -1.68. The molecule has 0 rings (SSSR count). The van der Waals surface area contributed by atoms with Gasteiger partial charge in [-0.3, -0.25) is 0 Å². The normalized spacial score (nSPS) is 13.8. The van der Waals surface area contributed by atoms with Gasteiger partial charge in [0.1, 0.15) is 5.76 Å². The van der Waals surface area contributed by atoms with E-state index in [4.69, 9.17) is 8.85 Å². The zero-order valence-corrected chi connectivity index (χ0v) is 18.1. The summed E-state index contributed by atoms with van der Waals surface area (Å²) >= 11 is 0. The molecule has 0 amide bonds. The molecule has 0 aromatic heterocycles. The van der Waals surface area contributed by atoms with Crippen LogP contribution in [0.15, 0.2) is 24.5 Å². The number of rotatable bonds is 12. The summed E-state index contributed by atoms with van der Waals surface area (Å²) in [7, 11) is -3.30. The Kier molecular flexibility index (Phi) is 9.59. The number of hydrogen-bond acceptors (Lipinski definition) is 2. The summed E-state index contributed by atoms with van der Waals surface area (Å²) < 4.78 is 12.9. The lowest BCUT2D eigenvalue weighted by Crippen LogP contribution is -2.40. The van der Waals surface area contributed by atoms with Gasteiger partial charge in [-0.25, -0.2) is 0 Å². The molecule has 2 nitrogen and oxygen atoms in total. The Hall–Kier alpha value is -0.326. The Morgan fingerprint density at radius 2 is 1.14 bits per heavy atom.